The van der Waals surface area contributed by atoms with Gasteiger partial charge in [-0.3, -0.25) is 9.59 Å². The van der Waals surface area contributed by atoms with Crippen molar-refractivity contribution in [2.24, 2.45) is 12.0 Å². The van der Waals surface area contributed by atoms with Crippen LogP contribution in [0.5, 0.6) is 0 Å². The van der Waals surface area contributed by atoms with Gasteiger partial charge in [-0.1, -0.05) is 23.5 Å². The van der Waals surface area contributed by atoms with Crippen LogP contribution in [0.25, 0.3) is 10.2 Å². The third-order valence-corrected chi connectivity index (χ3v) is 6.36. The molecule has 1 aliphatic heterocycles. The molecule has 126 valence electrons. The van der Waals surface area contributed by atoms with Crippen LogP contribution in [0.3, 0.4) is 0 Å². The smallest absolute Gasteiger partial charge is 0.279 e. The number of hydrogen-bond acceptors (Lipinski definition) is 4. The summed E-state index contributed by atoms with van der Waals surface area (Å²) in [6.07, 6.45) is 0. The van der Waals surface area contributed by atoms with Gasteiger partial charge in [0.1, 0.15) is 0 Å². The van der Waals surface area contributed by atoms with Crippen LogP contribution >= 0.6 is 23.1 Å². The van der Waals surface area contributed by atoms with Crippen molar-refractivity contribution in [2.75, 3.05) is 5.32 Å². The molecule has 7 heteroatoms. The average Bonchev–Trinajstić information content (AvgIpc) is 2.92. The number of aryl methyl sites for hydroxylation is 1. The Morgan fingerprint density at radius 2 is 2.04 bits per heavy atom. The first-order chi connectivity index (χ1) is 12.0. The van der Waals surface area contributed by atoms with Gasteiger partial charge in [-0.15, -0.1) is 11.8 Å². The number of amides is 2. The molecule has 3 aromatic rings. The SMILES string of the molecule is C[C@@H]1Sc2ccc(C(=O)N=c3sc4ccccc4n3C)cc2NC1=O. The molecule has 0 aliphatic carbocycles. The fourth-order valence-electron chi connectivity index (χ4n) is 2.68. The summed E-state index contributed by atoms with van der Waals surface area (Å²) in [7, 11) is 1.90. The van der Waals surface area contributed by atoms with E-state index in [-0.39, 0.29) is 17.1 Å². The highest BCUT2D eigenvalue weighted by molar-refractivity contribution is 8.00. The second-order valence-electron chi connectivity index (χ2n) is 5.79. The molecule has 4 rings (SSSR count). The predicted octanol–water partition coefficient (Wildman–Crippen LogP) is 3.41. The number of para-hydroxylation sites is 1. The molecule has 1 aromatic heterocycles. The van der Waals surface area contributed by atoms with Gasteiger partial charge in [0.25, 0.3) is 5.91 Å². The fraction of sp³-hybridized carbons (Fsp3) is 0.167. The van der Waals surface area contributed by atoms with Crippen molar-refractivity contribution < 1.29 is 9.59 Å². The summed E-state index contributed by atoms with van der Waals surface area (Å²) >= 11 is 2.97. The summed E-state index contributed by atoms with van der Waals surface area (Å²) in [5, 5.41) is 2.72. The van der Waals surface area contributed by atoms with Crippen molar-refractivity contribution in [1.29, 1.82) is 0 Å². The number of anilines is 1. The summed E-state index contributed by atoms with van der Waals surface area (Å²) in [6.45, 7) is 1.86. The normalized spacial score (nSPS) is 17.4. The minimum atomic E-state index is -0.317. The van der Waals surface area contributed by atoms with Gasteiger partial charge in [0.15, 0.2) is 4.80 Å². The van der Waals surface area contributed by atoms with E-state index in [0.717, 1.165) is 15.1 Å². The second kappa shape index (κ2) is 6.16. The van der Waals surface area contributed by atoms with E-state index in [4.69, 9.17) is 0 Å². The number of carbonyl (C=O) groups excluding carboxylic acids is 2. The van der Waals surface area contributed by atoms with Crippen LogP contribution in [0, 0.1) is 0 Å². The van der Waals surface area contributed by atoms with Crippen molar-refractivity contribution in [3.8, 4) is 0 Å². The van der Waals surface area contributed by atoms with Crippen LogP contribution < -0.4 is 10.1 Å². The van der Waals surface area contributed by atoms with Crippen LogP contribution in [0.2, 0.25) is 0 Å². The molecule has 2 amide bonds. The van der Waals surface area contributed by atoms with Gasteiger partial charge in [-0.2, -0.15) is 4.99 Å². The van der Waals surface area contributed by atoms with Crippen molar-refractivity contribution in [1.82, 2.24) is 4.57 Å². The number of carbonyl (C=O) groups is 2. The van der Waals surface area contributed by atoms with Gasteiger partial charge < -0.3 is 9.88 Å². The molecule has 2 heterocycles. The Hall–Kier alpha value is -2.38. The van der Waals surface area contributed by atoms with Gasteiger partial charge in [0.05, 0.1) is 21.2 Å². The zero-order valence-corrected chi connectivity index (χ0v) is 15.3. The summed E-state index contributed by atoms with van der Waals surface area (Å²) in [5.41, 5.74) is 2.18. The third kappa shape index (κ3) is 2.89. The topological polar surface area (TPSA) is 63.5 Å². The van der Waals surface area contributed by atoms with E-state index in [2.05, 4.69) is 10.3 Å². The van der Waals surface area contributed by atoms with Gasteiger partial charge in [0, 0.05) is 17.5 Å². The average molecular weight is 369 g/mol. The molecule has 0 radical (unpaired) electrons. The highest BCUT2D eigenvalue weighted by Crippen LogP contribution is 2.36. The predicted molar refractivity (Wildman–Crippen MR) is 101 cm³/mol. The molecular weight excluding hydrogens is 354 g/mol. The highest BCUT2D eigenvalue weighted by atomic mass is 32.2. The Kier molecular flexibility index (Phi) is 3.97. The van der Waals surface area contributed by atoms with Gasteiger partial charge >= 0.3 is 0 Å². The maximum Gasteiger partial charge on any atom is 0.279 e. The Morgan fingerprint density at radius 3 is 2.84 bits per heavy atom. The second-order valence-corrected chi connectivity index (χ2v) is 8.18. The first kappa shape index (κ1) is 16.1. The largest absolute Gasteiger partial charge is 0.324 e. The number of nitrogens with one attached hydrogen (secondary N) is 1. The minimum absolute atomic E-state index is 0.0463. The number of thioether (sulfide) groups is 1. The lowest BCUT2D eigenvalue weighted by atomic mass is 10.2. The quantitative estimate of drug-likeness (QED) is 0.715. The maximum atomic E-state index is 12.6. The molecule has 0 unspecified atom stereocenters. The Balaban J connectivity index is 1.73. The summed E-state index contributed by atoms with van der Waals surface area (Å²) in [6, 6.07) is 13.3. The van der Waals surface area contributed by atoms with Crippen LogP contribution in [0.15, 0.2) is 52.4 Å². The molecule has 2 aromatic carbocycles. The number of fused-ring (bicyclic) bond motifs is 2. The molecule has 25 heavy (non-hydrogen) atoms. The van der Waals surface area contributed by atoms with Crippen LogP contribution in [0.4, 0.5) is 5.69 Å². The molecule has 1 atom stereocenters. The van der Waals surface area contributed by atoms with E-state index in [1.54, 1.807) is 12.1 Å². The lowest BCUT2D eigenvalue weighted by Crippen LogP contribution is -2.26. The van der Waals surface area contributed by atoms with Crippen LogP contribution in [-0.4, -0.2) is 21.6 Å². The number of hydrogen-bond donors (Lipinski definition) is 1. The lowest BCUT2D eigenvalue weighted by molar-refractivity contribution is -0.115. The van der Waals surface area contributed by atoms with E-state index < -0.39 is 0 Å². The van der Waals surface area contributed by atoms with Crippen molar-refractivity contribution >= 4 is 50.8 Å². The number of nitrogens with zero attached hydrogens (tertiary/aromatic N) is 2. The zero-order chi connectivity index (χ0) is 17.6. The molecule has 1 aliphatic rings. The third-order valence-electron chi connectivity index (χ3n) is 4.07. The molecule has 0 fully saturated rings. The maximum absolute atomic E-state index is 12.6. The molecule has 5 nitrogen and oxygen atoms in total. The van der Waals surface area contributed by atoms with Crippen molar-refractivity contribution in [2.45, 2.75) is 17.1 Å². The Bertz CT molecular complexity index is 1080. The standard InChI is InChI=1S/C18H15N3O2S2/c1-10-16(22)19-12-9-11(7-8-14(12)24-10)17(23)20-18-21(2)13-5-3-4-6-15(13)25-18/h3-10H,1-2H3,(H,19,22)/t10-/m0/s1. The fourth-order valence-corrected chi connectivity index (χ4v) is 4.63. The first-order valence-electron chi connectivity index (χ1n) is 7.78. The van der Waals surface area contributed by atoms with Gasteiger partial charge in [-0.25, -0.2) is 0 Å². The van der Waals surface area contributed by atoms with E-state index in [9.17, 15) is 9.59 Å². The molecule has 0 spiro atoms. The first-order valence-corrected chi connectivity index (χ1v) is 9.48. The number of aromatic nitrogens is 1. The summed E-state index contributed by atoms with van der Waals surface area (Å²) in [5.74, 6) is -0.363. The number of rotatable bonds is 1. The molecule has 0 saturated heterocycles. The van der Waals surface area contributed by atoms with Crippen molar-refractivity contribution in [3.05, 3.63) is 52.8 Å². The van der Waals surface area contributed by atoms with Crippen molar-refractivity contribution in [3.63, 3.8) is 0 Å². The van der Waals surface area contributed by atoms with E-state index in [1.807, 2.05) is 48.9 Å². The van der Waals surface area contributed by atoms with Gasteiger partial charge in [-0.05, 0) is 37.3 Å². The minimum Gasteiger partial charge on any atom is -0.324 e. The Labute approximate surface area is 152 Å². The zero-order valence-electron chi connectivity index (χ0n) is 13.6. The van der Waals surface area contributed by atoms with Crippen LogP contribution in [0.1, 0.15) is 17.3 Å². The Morgan fingerprint density at radius 1 is 1.24 bits per heavy atom. The lowest BCUT2D eigenvalue weighted by Gasteiger charge is -2.21. The monoisotopic (exact) mass is 369 g/mol. The number of thiazole rings is 1. The van der Waals surface area contributed by atoms with Crippen LogP contribution in [-0.2, 0) is 11.8 Å². The molecular formula is C18H15N3O2S2. The summed E-state index contributed by atoms with van der Waals surface area (Å²) in [4.78, 5) is 30.3. The van der Waals surface area contributed by atoms with E-state index in [0.29, 0.717) is 16.1 Å². The highest BCUT2D eigenvalue weighted by Gasteiger charge is 2.23. The summed E-state index contributed by atoms with van der Waals surface area (Å²) < 4.78 is 3.00. The molecule has 1 N–H and O–H groups in total. The molecule has 0 bridgehead atoms. The van der Waals surface area contributed by atoms with E-state index in [1.165, 1.54) is 23.1 Å². The number of benzene rings is 2. The molecule has 0 saturated carbocycles. The van der Waals surface area contributed by atoms with Gasteiger partial charge in [0.2, 0.25) is 5.91 Å². The van der Waals surface area contributed by atoms with E-state index >= 15 is 0 Å².